The van der Waals surface area contributed by atoms with E-state index in [1.54, 1.807) is 0 Å². The topological polar surface area (TPSA) is 37.3 Å². The van der Waals surface area contributed by atoms with Crippen LogP contribution in [0.2, 0.25) is 0 Å². The lowest BCUT2D eigenvalue weighted by Crippen LogP contribution is -2.11. The first kappa shape index (κ1) is 13.1. The molecular weight excluding hydrogens is 140 g/mol. The third-order valence-electron chi connectivity index (χ3n) is 1.48. The van der Waals surface area contributed by atoms with Crippen LogP contribution < -0.4 is 0 Å². The van der Waals surface area contributed by atoms with E-state index in [0.717, 1.165) is 19.3 Å². The summed E-state index contributed by atoms with van der Waals surface area (Å²) in [5.41, 5.74) is 0. The van der Waals surface area contributed by atoms with Gasteiger partial charge in [0, 0.05) is 0 Å². The van der Waals surface area contributed by atoms with Gasteiger partial charge in [-0.15, -0.1) is 0 Å². The molecule has 0 aliphatic heterocycles. The van der Waals surface area contributed by atoms with Crippen molar-refractivity contribution >= 4 is 5.97 Å². The molecule has 68 valence electrons. The first-order valence-electron chi connectivity index (χ1n) is 4.45. The zero-order valence-electron chi connectivity index (χ0n) is 8.05. The van der Waals surface area contributed by atoms with Gasteiger partial charge in [0.25, 0.3) is 0 Å². The summed E-state index contributed by atoms with van der Waals surface area (Å²) in [6.07, 6.45) is 2.53. The minimum Gasteiger partial charge on any atom is -0.481 e. The molecule has 2 heteroatoms. The van der Waals surface area contributed by atoms with Gasteiger partial charge in [-0.3, -0.25) is 4.79 Å². The first-order chi connectivity index (χ1) is 5.22. The van der Waals surface area contributed by atoms with E-state index in [2.05, 4.69) is 0 Å². The Bertz CT molecular complexity index is 89.6. The molecule has 0 amide bonds. The van der Waals surface area contributed by atoms with Crippen molar-refractivity contribution in [2.45, 2.75) is 47.0 Å². The summed E-state index contributed by atoms with van der Waals surface area (Å²) in [5.74, 6) is -0.769. The Morgan fingerprint density at radius 2 is 1.82 bits per heavy atom. The largest absolute Gasteiger partial charge is 0.481 e. The molecule has 0 aliphatic carbocycles. The Hall–Kier alpha value is -0.530. The predicted octanol–water partition coefficient (Wildman–Crippen LogP) is 2.92. The maximum atomic E-state index is 10.3. The lowest BCUT2D eigenvalue weighted by molar-refractivity contribution is -0.142. The van der Waals surface area contributed by atoms with Crippen molar-refractivity contribution in [1.29, 1.82) is 0 Å². The molecule has 0 aromatic rings. The Kier molecular flexibility index (Phi) is 11.3. The summed E-state index contributed by atoms with van der Waals surface area (Å²) < 4.78 is 0. The van der Waals surface area contributed by atoms with Crippen molar-refractivity contribution in [2.24, 2.45) is 5.92 Å². The number of hydrogen-bond donors (Lipinski definition) is 1. The van der Waals surface area contributed by atoms with Gasteiger partial charge in [-0.2, -0.15) is 0 Å². The molecule has 0 saturated carbocycles. The summed E-state index contributed by atoms with van der Waals surface area (Å²) in [6.45, 7) is 7.92. The van der Waals surface area contributed by atoms with E-state index in [1.165, 1.54) is 0 Å². The molecular formula is C9H20O2. The van der Waals surface area contributed by atoms with Crippen LogP contribution in [0.1, 0.15) is 47.0 Å². The highest BCUT2D eigenvalue weighted by Crippen LogP contribution is 2.09. The molecule has 0 radical (unpaired) electrons. The van der Waals surface area contributed by atoms with Crippen LogP contribution in [-0.4, -0.2) is 11.1 Å². The molecule has 1 N–H and O–H groups in total. The normalized spacial score (nSPS) is 11.3. The number of rotatable bonds is 4. The predicted molar refractivity (Wildman–Crippen MR) is 47.7 cm³/mol. The molecule has 0 fully saturated rings. The summed E-state index contributed by atoms with van der Waals surface area (Å²) in [4.78, 5) is 10.3. The second kappa shape index (κ2) is 9.47. The van der Waals surface area contributed by atoms with Crippen molar-refractivity contribution in [2.75, 3.05) is 0 Å². The van der Waals surface area contributed by atoms with Crippen molar-refractivity contribution < 1.29 is 9.90 Å². The van der Waals surface area contributed by atoms with Gasteiger partial charge in [0.15, 0.2) is 0 Å². The van der Waals surface area contributed by atoms with Crippen LogP contribution in [0.25, 0.3) is 0 Å². The number of hydrogen-bond acceptors (Lipinski definition) is 1. The molecule has 0 rings (SSSR count). The summed E-state index contributed by atoms with van der Waals surface area (Å²) in [6, 6.07) is 0. The Morgan fingerprint density at radius 3 is 1.91 bits per heavy atom. The smallest absolute Gasteiger partial charge is 0.306 e. The maximum absolute atomic E-state index is 10.3. The van der Waals surface area contributed by atoms with Gasteiger partial charge in [-0.05, 0) is 12.8 Å². The van der Waals surface area contributed by atoms with E-state index < -0.39 is 5.97 Å². The molecule has 0 aromatic carbocycles. The van der Waals surface area contributed by atoms with Crippen LogP contribution in [0.3, 0.4) is 0 Å². The van der Waals surface area contributed by atoms with E-state index in [9.17, 15) is 4.79 Å². The van der Waals surface area contributed by atoms with Crippen LogP contribution in [0.5, 0.6) is 0 Å². The fraction of sp³-hybridized carbons (Fsp3) is 0.889. The van der Waals surface area contributed by atoms with E-state index in [1.807, 2.05) is 27.7 Å². The van der Waals surface area contributed by atoms with Crippen molar-refractivity contribution in [3.8, 4) is 0 Å². The van der Waals surface area contributed by atoms with Crippen molar-refractivity contribution in [3.63, 3.8) is 0 Å². The number of carboxylic acids is 1. The lowest BCUT2D eigenvalue weighted by atomic mass is 10.0. The molecule has 0 heterocycles. The third-order valence-corrected chi connectivity index (χ3v) is 1.48. The number of carboxylic acid groups (broad SMARTS) is 1. The molecule has 0 bridgehead atoms. The van der Waals surface area contributed by atoms with Crippen LogP contribution in [0, 0.1) is 5.92 Å². The Labute approximate surface area is 69.6 Å². The van der Waals surface area contributed by atoms with Gasteiger partial charge in [0.2, 0.25) is 0 Å². The molecule has 1 unspecified atom stereocenters. The summed E-state index contributed by atoms with van der Waals surface area (Å²) in [5, 5.41) is 8.50. The van der Waals surface area contributed by atoms with Crippen molar-refractivity contribution in [3.05, 3.63) is 0 Å². The second-order valence-corrected chi connectivity index (χ2v) is 2.23. The first-order valence-corrected chi connectivity index (χ1v) is 4.45. The molecule has 11 heavy (non-hydrogen) atoms. The summed E-state index contributed by atoms with van der Waals surface area (Å²) >= 11 is 0. The monoisotopic (exact) mass is 160 g/mol. The molecule has 2 nitrogen and oxygen atoms in total. The maximum Gasteiger partial charge on any atom is 0.306 e. The standard InChI is InChI=1S/C7H14O2.C2H6/c1-3-5-6(4-2)7(8)9;1-2/h6H,3-5H2,1-2H3,(H,8,9);1-2H3. The van der Waals surface area contributed by atoms with Gasteiger partial charge in [0.05, 0.1) is 5.92 Å². The number of aliphatic carboxylic acids is 1. The minimum atomic E-state index is -0.653. The third kappa shape index (κ3) is 7.37. The van der Waals surface area contributed by atoms with Crippen LogP contribution >= 0.6 is 0 Å². The van der Waals surface area contributed by atoms with E-state index in [4.69, 9.17) is 5.11 Å². The minimum absolute atomic E-state index is 0.116. The van der Waals surface area contributed by atoms with Gasteiger partial charge >= 0.3 is 5.97 Å². The van der Waals surface area contributed by atoms with Crippen LogP contribution in [0.15, 0.2) is 0 Å². The van der Waals surface area contributed by atoms with E-state index >= 15 is 0 Å². The van der Waals surface area contributed by atoms with Gasteiger partial charge < -0.3 is 5.11 Å². The fourth-order valence-electron chi connectivity index (χ4n) is 0.851. The summed E-state index contributed by atoms with van der Waals surface area (Å²) in [7, 11) is 0. The molecule has 1 atom stereocenters. The SMILES string of the molecule is CC.CCCC(CC)C(=O)O. The van der Waals surface area contributed by atoms with Crippen LogP contribution in [-0.2, 0) is 4.79 Å². The average Bonchev–Trinajstić information content (AvgIpc) is 2.03. The molecule has 0 saturated heterocycles. The van der Waals surface area contributed by atoms with Gasteiger partial charge in [-0.1, -0.05) is 34.1 Å². The Balaban J connectivity index is 0. The van der Waals surface area contributed by atoms with Gasteiger partial charge in [0.1, 0.15) is 0 Å². The molecule has 0 aromatic heterocycles. The van der Waals surface area contributed by atoms with Crippen LogP contribution in [0.4, 0.5) is 0 Å². The highest BCUT2D eigenvalue weighted by atomic mass is 16.4. The molecule has 0 aliphatic rings. The average molecular weight is 160 g/mol. The van der Waals surface area contributed by atoms with Gasteiger partial charge in [-0.25, -0.2) is 0 Å². The van der Waals surface area contributed by atoms with E-state index in [-0.39, 0.29) is 5.92 Å². The highest BCUT2D eigenvalue weighted by molar-refractivity contribution is 5.69. The highest BCUT2D eigenvalue weighted by Gasteiger charge is 2.12. The van der Waals surface area contributed by atoms with Crippen molar-refractivity contribution in [1.82, 2.24) is 0 Å². The zero-order chi connectivity index (χ0) is 9.28. The lowest BCUT2D eigenvalue weighted by Gasteiger charge is -2.05. The zero-order valence-corrected chi connectivity index (χ0v) is 8.05. The second-order valence-electron chi connectivity index (χ2n) is 2.23. The van der Waals surface area contributed by atoms with E-state index in [0.29, 0.717) is 0 Å². The molecule has 0 spiro atoms. The Morgan fingerprint density at radius 1 is 1.36 bits per heavy atom. The number of carbonyl (C=O) groups is 1. The quantitative estimate of drug-likeness (QED) is 0.686. The fourth-order valence-corrected chi connectivity index (χ4v) is 0.851.